The molecular formula is C82H181F9. The number of hydrogen-bond donors (Lipinski definition) is 0. The normalized spacial score (nSPS) is 19.1. The molecule has 91 heavy (non-hydrogen) atoms. The maximum Gasteiger partial charge on any atom is 0.392 e. The lowest BCUT2D eigenvalue weighted by atomic mass is 9.91. The van der Waals surface area contributed by atoms with Crippen molar-refractivity contribution in [1.82, 2.24) is 0 Å². The average Bonchev–Trinajstić information content (AvgIpc) is 3.41. The maximum absolute atomic E-state index is 12.2. The van der Waals surface area contributed by atoms with Crippen LogP contribution in [0.4, 0.5) is 39.5 Å². The summed E-state index contributed by atoms with van der Waals surface area (Å²) >= 11 is 0. The summed E-state index contributed by atoms with van der Waals surface area (Å²) in [5.41, 5.74) is 0.872. The van der Waals surface area contributed by atoms with Crippen LogP contribution in [0.15, 0.2) is 0 Å². The largest absolute Gasteiger partial charge is 0.392 e. The summed E-state index contributed by atoms with van der Waals surface area (Å²) in [7, 11) is 0. The first-order valence-electron chi connectivity index (χ1n) is 39.7. The zero-order valence-electron chi connectivity index (χ0n) is 75.1. The predicted molar refractivity (Wildman–Crippen MR) is 406 cm³/mol. The van der Waals surface area contributed by atoms with Gasteiger partial charge in [0.25, 0.3) is 0 Å². The highest BCUT2D eigenvalue weighted by Crippen LogP contribution is 2.45. The molecule has 2 saturated carbocycles. The van der Waals surface area contributed by atoms with Crippen molar-refractivity contribution in [3.63, 3.8) is 0 Å². The van der Waals surface area contributed by atoms with Crippen molar-refractivity contribution in [1.29, 1.82) is 0 Å². The molecule has 2 rings (SSSR count). The first-order chi connectivity index (χ1) is 42.5. The Labute approximate surface area is 581 Å². The average molecular weight is 1340 g/mol. The molecule has 2 aliphatic carbocycles. The van der Waals surface area contributed by atoms with E-state index in [2.05, 4.69) is 180 Å². The van der Waals surface area contributed by atoms with Crippen LogP contribution in [-0.4, -0.2) is 18.5 Å². The second-order valence-electron chi connectivity index (χ2n) is 31.3. The molecule has 9 heteroatoms. The van der Waals surface area contributed by atoms with E-state index >= 15 is 0 Å². The van der Waals surface area contributed by atoms with Crippen molar-refractivity contribution < 1.29 is 46.4 Å². The lowest BCUT2D eigenvalue weighted by Crippen LogP contribution is -2.24. The van der Waals surface area contributed by atoms with Gasteiger partial charge in [-0.15, -0.1) is 0 Å². The van der Waals surface area contributed by atoms with E-state index < -0.39 is 49.0 Å². The molecule has 0 heterocycles. The highest BCUT2D eigenvalue weighted by atomic mass is 19.4. The summed E-state index contributed by atoms with van der Waals surface area (Å²) in [6.45, 7) is 83.6. The van der Waals surface area contributed by atoms with Crippen molar-refractivity contribution in [2.75, 3.05) is 0 Å². The van der Waals surface area contributed by atoms with Crippen LogP contribution < -0.4 is 0 Å². The molecule has 2 fully saturated rings. The minimum atomic E-state index is -3.99. The second kappa shape index (κ2) is 78.4. The molecule has 2 aliphatic rings. The summed E-state index contributed by atoms with van der Waals surface area (Å²) in [6, 6.07) is 0. The smallest absolute Gasteiger partial charge is 0.171 e. The minimum absolute atomic E-state index is 0.170. The van der Waals surface area contributed by atoms with Crippen LogP contribution in [0.1, 0.15) is 438 Å². The molecule has 0 aliphatic heterocycles. The number of hydrogen-bond acceptors (Lipinski definition) is 0. The first kappa shape index (κ1) is 106. The SMILES string of the molecule is CC(C)C.CC1CC(C)C(C(F)(F)F)C1.CC1CCC(C)C1C.CCC.CCC(C)C.CCC(C)C(F)(F)F.CCCC.CCCC(C)(C)C.CCCC(C)(C)C.CCCC(C)C.CCCC(C)C(F)(F)F.CCCCC.[2H]C(C)(C)C.[2H]C([2H])(C)C(C)(C)C.[2H]C([2H])(C)CC. The van der Waals surface area contributed by atoms with Gasteiger partial charge in [-0.1, -0.05) is 393 Å². The van der Waals surface area contributed by atoms with E-state index in [9.17, 15) is 39.5 Å². The van der Waals surface area contributed by atoms with Crippen molar-refractivity contribution in [3.05, 3.63) is 0 Å². The van der Waals surface area contributed by atoms with Crippen LogP contribution in [0.25, 0.3) is 0 Å². The van der Waals surface area contributed by atoms with Gasteiger partial charge in [-0.2, -0.15) is 39.5 Å². The zero-order valence-corrected chi connectivity index (χ0v) is 70.1. The number of unbranched alkanes of at least 4 members (excludes halogenated alkanes) is 3. The fourth-order valence-corrected chi connectivity index (χ4v) is 6.89. The first-order valence-corrected chi connectivity index (χ1v) is 37.2. The van der Waals surface area contributed by atoms with Crippen molar-refractivity contribution >= 4 is 0 Å². The Morgan fingerprint density at radius 2 is 0.681 bits per heavy atom. The van der Waals surface area contributed by atoms with Crippen LogP contribution in [0.2, 0.25) is 0 Å². The van der Waals surface area contributed by atoms with Crippen molar-refractivity contribution in [2.24, 2.45) is 87.2 Å². The second-order valence-corrected chi connectivity index (χ2v) is 31.3. The van der Waals surface area contributed by atoms with Crippen LogP contribution >= 0.6 is 0 Å². The van der Waals surface area contributed by atoms with Gasteiger partial charge in [-0.25, -0.2) is 0 Å². The van der Waals surface area contributed by atoms with E-state index in [0.717, 1.165) is 41.9 Å². The van der Waals surface area contributed by atoms with Crippen LogP contribution in [-0.2, 0) is 0 Å². The lowest BCUT2D eigenvalue weighted by Gasteiger charge is -2.18. The quantitative estimate of drug-likeness (QED) is 0.171. The van der Waals surface area contributed by atoms with Gasteiger partial charge in [0.15, 0.2) is 0 Å². The van der Waals surface area contributed by atoms with E-state index in [0.29, 0.717) is 30.1 Å². The molecule has 572 valence electrons. The van der Waals surface area contributed by atoms with Gasteiger partial charge < -0.3 is 0 Å². The summed E-state index contributed by atoms with van der Waals surface area (Å²) in [6.07, 6.45) is 8.89. The van der Waals surface area contributed by atoms with E-state index in [1.54, 1.807) is 27.7 Å². The third kappa shape index (κ3) is 150. The van der Waals surface area contributed by atoms with Gasteiger partial charge in [0.05, 0.1) is 17.8 Å². The lowest BCUT2D eigenvalue weighted by molar-refractivity contribution is -0.182. The topological polar surface area (TPSA) is 0 Å². The van der Waals surface area contributed by atoms with Crippen molar-refractivity contribution in [3.8, 4) is 0 Å². The van der Waals surface area contributed by atoms with Crippen molar-refractivity contribution in [2.45, 2.75) is 450 Å². The summed E-state index contributed by atoms with van der Waals surface area (Å²) in [4.78, 5) is 0. The van der Waals surface area contributed by atoms with Crippen LogP contribution in [0, 0.1) is 87.2 Å². The van der Waals surface area contributed by atoms with E-state index in [1.807, 2.05) is 55.4 Å². The highest BCUT2D eigenvalue weighted by Gasteiger charge is 2.47. The molecule has 0 aromatic heterocycles. The minimum Gasteiger partial charge on any atom is -0.171 e. The van der Waals surface area contributed by atoms with Crippen LogP contribution in [0.3, 0.4) is 0 Å². The summed E-state index contributed by atoms with van der Waals surface area (Å²) in [5.74, 6) is 2.07. The summed E-state index contributed by atoms with van der Waals surface area (Å²) in [5, 5.41) is 0. The van der Waals surface area contributed by atoms with Gasteiger partial charge in [-0.3, -0.25) is 0 Å². The van der Waals surface area contributed by atoms with Crippen LogP contribution in [0.5, 0.6) is 0 Å². The zero-order chi connectivity index (χ0) is 80.7. The van der Waals surface area contributed by atoms with Gasteiger partial charge in [0.1, 0.15) is 0 Å². The molecule has 0 radical (unpaired) electrons. The molecule has 0 N–H and O–H groups in total. The van der Waals surface area contributed by atoms with E-state index in [4.69, 9.17) is 6.85 Å². The Morgan fingerprint density at radius 3 is 0.725 bits per heavy atom. The third-order valence-electron chi connectivity index (χ3n) is 13.9. The Hall–Kier alpha value is -0.630. The Balaban J connectivity index is -0.0000000706. The summed E-state index contributed by atoms with van der Waals surface area (Å²) < 4.78 is 141. The Kier molecular flexibility index (Phi) is 91.6. The molecule has 0 amide bonds. The molecule has 7 unspecified atom stereocenters. The predicted octanol–water partition coefficient (Wildman–Crippen LogP) is 34.7. The maximum atomic E-state index is 12.2. The Bertz CT molecular complexity index is 1390. The molecule has 0 aromatic carbocycles. The third-order valence-corrected chi connectivity index (χ3v) is 13.9. The number of alkyl halides is 9. The fourth-order valence-electron chi connectivity index (χ4n) is 6.89. The molecular weight excluding hydrogens is 1160 g/mol. The standard InChI is InChI=1S/C8H13F3.C8H16.2C7H16.C6H11F3.2C6H14.C5H9F3.2C5H12.4C4H10.C3H8/c1-5-3-6(2)7(4-5)8(9,10)11;1-6-4-5-7(2)8(6)3;2*1-5-6-7(2,3)4;1-3-4-5(2)6(7,8)9;1-5-6(2,3)4;1-4-5-6(2)3;1-3-4(2)5(6,7)8;1-4-5(2)3;1-3-5-4-2;2*1-4(2)3;2*1-3-4-2;1-3-2/h5-7H,3-4H2,1-2H3;6-8H,4-5H2,1-3H3;2*5-6H2,1-4H3;5H,3-4H2,1-2H3;5H2,1-4H3;6H,4-5H2,1-3H3;4H,3H2,1-2H3;5H,4H2,1-3H3;3-5H2,1-2H3;2*4H,1-3H3;2*3-4H2,1-2H3;3H2,1-2H3/i;;;;;5D2;;;;;4D;;3D2;;. The molecule has 0 nitrogen and oxygen atoms in total. The molecule has 7 atom stereocenters. The number of halogens is 9. The molecule has 0 saturated heterocycles. The molecule has 0 aromatic rings. The van der Waals surface area contributed by atoms with Gasteiger partial charge in [-0.05, 0) is 108 Å². The van der Waals surface area contributed by atoms with Gasteiger partial charge in [0.2, 0.25) is 0 Å². The number of rotatable bonds is 12. The Morgan fingerprint density at radius 1 is 0.396 bits per heavy atom. The highest BCUT2D eigenvalue weighted by molar-refractivity contribution is 4.83. The molecule has 0 bridgehead atoms. The fraction of sp³-hybridized carbons (Fsp3) is 1.00. The monoisotopic (exact) mass is 1340 g/mol. The van der Waals surface area contributed by atoms with E-state index in [-0.39, 0.29) is 36.0 Å². The van der Waals surface area contributed by atoms with Gasteiger partial charge in [0, 0.05) is 6.85 Å². The molecule has 0 spiro atoms. The van der Waals surface area contributed by atoms with Gasteiger partial charge >= 0.3 is 18.5 Å². The van der Waals surface area contributed by atoms with E-state index in [1.165, 1.54) is 117 Å².